The number of hydrogen-bond acceptors (Lipinski definition) is 4. The predicted molar refractivity (Wildman–Crippen MR) is 127 cm³/mol. The first-order valence-corrected chi connectivity index (χ1v) is 11.9. The van der Waals surface area contributed by atoms with E-state index in [9.17, 15) is 9.59 Å². The van der Waals surface area contributed by atoms with Gasteiger partial charge in [-0.05, 0) is 55.5 Å². The minimum absolute atomic E-state index is 0.127. The average molecular weight is 455 g/mol. The Morgan fingerprint density at radius 2 is 1.75 bits per heavy atom. The second kappa shape index (κ2) is 10.1. The van der Waals surface area contributed by atoms with Crippen LogP contribution in [0.2, 0.25) is 5.02 Å². The summed E-state index contributed by atoms with van der Waals surface area (Å²) in [6.07, 6.45) is 6.29. The number of esters is 1. The van der Waals surface area contributed by atoms with E-state index >= 15 is 0 Å². The summed E-state index contributed by atoms with van der Waals surface area (Å²) in [5, 5.41) is 0.592. The van der Waals surface area contributed by atoms with Crippen LogP contribution < -0.4 is 4.90 Å². The highest BCUT2D eigenvalue weighted by Gasteiger charge is 2.50. The molecule has 2 aliphatic rings. The van der Waals surface area contributed by atoms with Gasteiger partial charge in [0.25, 0.3) is 0 Å². The maximum Gasteiger partial charge on any atom is 0.332 e. The molecule has 0 atom stereocenters. The molecule has 32 heavy (non-hydrogen) atoms. The van der Waals surface area contributed by atoms with Gasteiger partial charge < -0.3 is 9.64 Å². The molecule has 0 aromatic heterocycles. The molecule has 4 rings (SSSR count). The molecule has 1 aliphatic heterocycles. The summed E-state index contributed by atoms with van der Waals surface area (Å²) in [5.41, 5.74) is 0.534. The zero-order valence-electron chi connectivity index (χ0n) is 18.6. The average Bonchev–Trinajstić information content (AvgIpc) is 3.35. The number of rotatable bonds is 6. The maximum absolute atomic E-state index is 13.7. The highest BCUT2D eigenvalue weighted by Crippen LogP contribution is 2.37. The van der Waals surface area contributed by atoms with Crippen molar-refractivity contribution in [2.75, 3.05) is 25.1 Å². The molecule has 0 unspecified atom stereocenters. The van der Waals surface area contributed by atoms with Crippen molar-refractivity contribution in [1.29, 1.82) is 0 Å². The quantitative estimate of drug-likeness (QED) is 0.584. The van der Waals surface area contributed by atoms with Gasteiger partial charge in [0.1, 0.15) is 5.54 Å². The summed E-state index contributed by atoms with van der Waals surface area (Å²) in [6, 6.07) is 17.4. The van der Waals surface area contributed by atoms with Crippen molar-refractivity contribution in [3.05, 3.63) is 65.2 Å². The number of halogens is 1. The Bertz CT molecular complexity index is 935. The molecule has 0 bridgehead atoms. The van der Waals surface area contributed by atoms with Gasteiger partial charge in [0, 0.05) is 29.8 Å². The van der Waals surface area contributed by atoms with E-state index in [1.807, 2.05) is 42.5 Å². The number of methoxy groups -OCH3 is 1. The minimum atomic E-state index is -1.01. The Balaban J connectivity index is 1.66. The number of anilines is 1. The van der Waals surface area contributed by atoms with E-state index in [4.69, 9.17) is 16.3 Å². The molecule has 0 spiro atoms. The lowest BCUT2D eigenvalue weighted by molar-refractivity contribution is -0.151. The molecular weight excluding hydrogens is 424 g/mol. The number of carbonyl (C=O) groups is 2. The number of piperidine rings is 1. The van der Waals surface area contributed by atoms with E-state index in [2.05, 4.69) is 4.90 Å². The normalized spacial score (nSPS) is 18.9. The third-order valence-electron chi connectivity index (χ3n) is 6.97. The standard InChI is InChI=1S/C26H31ClN2O3/c1-32-25(31)26(14-16-28(17-15-26)22-10-5-6-11-22)29(23-12-3-2-4-13-23)24(30)19-20-8-7-9-21(27)18-20/h2-4,7-9,12-13,18,22H,5-6,10-11,14-17,19H2,1H3. The number of nitrogens with zero attached hydrogens (tertiary/aromatic N) is 2. The molecule has 1 aliphatic carbocycles. The molecule has 2 fully saturated rings. The van der Waals surface area contributed by atoms with E-state index in [1.165, 1.54) is 32.8 Å². The van der Waals surface area contributed by atoms with Gasteiger partial charge in [0.15, 0.2) is 0 Å². The summed E-state index contributed by atoms with van der Waals surface area (Å²) >= 11 is 6.15. The first kappa shape index (κ1) is 22.8. The van der Waals surface area contributed by atoms with Crippen molar-refractivity contribution in [2.24, 2.45) is 0 Å². The number of para-hydroxylation sites is 1. The summed E-state index contributed by atoms with van der Waals surface area (Å²) < 4.78 is 5.30. The van der Waals surface area contributed by atoms with Gasteiger partial charge >= 0.3 is 5.97 Å². The van der Waals surface area contributed by atoms with Crippen LogP contribution in [0, 0.1) is 0 Å². The van der Waals surface area contributed by atoms with Crippen molar-refractivity contribution in [3.63, 3.8) is 0 Å². The Labute approximate surface area is 195 Å². The topological polar surface area (TPSA) is 49.9 Å². The van der Waals surface area contributed by atoms with Gasteiger partial charge in [-0.2, -0.15) is 0 Å². The smallest absolute Gasteiger partial charge is 0.332 e. The summed E-state index contributed by atoms with van der Waals surface area (Å²) in [7, 11) is 1.41. The van der Waals surface area contributed by atoms with Gasteiger partial charge in [0.2, 0.25) is 5.91 Å². The minimum Gasteiger partial charge on any atom is -0.467 e. The fourth-order valence-corrected chi connectivity index (χ4v) is 5.56. The van der Waals surface area contributed by atoms with Gasteiger partial charge in [-0.1, -0.05) is 54.8 Å². The first-order valence-electron chi connectivity index (χ1n) is 11.5. The molecular formula is C26H31ClN2O3. The van der Waals surface area contributed by atoms with Crippen LogP contribution in [0.5, 0.6) is 0 Å². The number of carbonyl (C=O) groups excluding carboxylic acids is 2. The van der Waals surface area contributed by atoms with Crippen molar-refractivity contribution in [3.8, 4) is 0 Å². The van der Waals surface area contributed by atoms with E-state index in [-0.39, 0.29) is 18.3 Å². The van der Waals surface area contributed by atoms with Gasteiger partial charge in [0.05, 0.1) is 13.5 Å². The molecule has 170 valence electrons. The fourth-order valence-electron chi connectivity index (χ4n) is 5.34. The third kappa shape index (κ3) is 4.69. The molecule has 0 N–H and O–H groups in total. The van der Waals surface area contributed by atoms with E-state index in [1.54, 1.807) is 17.0 Å². The Kier molecular flexibility index (Phi) is 7.17. The van der Waals surface area contributed by atoms with Gasteiger partial charge in [-0.25, -0.2) is 4.79 Å². The van der Waals surface area contributed by atoms with Crippen LogP contribution in [0.15, 0.2) is 54.6 Å². The van der Waals surface area contributed by atoms with Crippen LogP contribution in [-0.4, -0.2) is 48.6 Å². The molecule has 6 heteroatoms. The van der Waals surface area contributed by atoms with Crippen LogP contribution in [0.1, 0.15) is 44.1 Å². The van der Waals surface area contributed by atoms with Crippen LogP contribution in [0.4, 0.5) is 5.69 Å². The van der Waals surface area contributed by atoms with Gasteiger partial charge in [-0.3, -0.25) is 9.69 Å². The molecule has 1 amide bonds. The van der Waals surface area contributed by atoms with E-state index < -0.39 is 5.54 Å². The lowest BCUT2D eigenvalue weighted by atomic mass is 9.83. The highest BCUT2D eigenvalue weighted by atomic mass is 35.5. The Morgan fingerprint density at radius 3 is 2.38 bits per heavy atom. The summed E-state index contributed by atoms with van der Waals surface area (Å²) in [6.45, 7) is 1.57. The molecule has 1 heterocycles. The molecule has 1 saturated carbocycles. The lowest BCUT2D eigenvalue weighted by Crippen LogP contribution is -2.63. The van der Waals surface area contributed by atoms with Crippen LogP contribution >= 0.6 is 11.6 Å². The summed E-state index contributed by atoms with van der Waals surface area (Å²) in [5.74, 6) is -0.468. The van der Waals surface area contributed by atoms with Crippen LogP contribution in [-0.2, 0) is 20.7 Å². The Hall–Kier alpha value is -2.37. The van der Waals surface area contributed by atoms with E-state index in [0.717, 1.165) is 24.3 Å². The number of benzene rings is 2. The molecule has 2 aromatic rings. The zero-order chi connectivity index (χ0) is 22.6. The number of hydrogen-bond donors (Lipinski definition) is 0. The Morgan fingerprint density at radius 1 is 1.06 bits per heavy atom. The number of amides is 1. The zero-order valence-corrected chi connectivity index (χ0v) is 19.4. The maximum atomic E-state index is 13.7. The largest absolute Gasteiger partial charge is 0.467 e. The van der Waals surface area contributed by atoms with E-state index in [0.29, 0.717) is 23.9 Å². The van der Waals surface area contributed by atoms with Crippen molar-refractivity contribution in [2.45, 2.75) is 56.5 Å². The van der Waals surface area contributed by atoms with Crippen molar-refractivity contribution in [1.82, 2.24) is 4.90 Å². The second-order valence-electron chi connectivity index (χ2n) is 8.87. The lowest BCUT2D eigenvalue weighted by Gasteiger charge is -2.47. The third-order valence-corrected chi connectivity index (χ3v) is 7.20. The second-order valence-corrected chi connectivity index (χ2v) is 9.31. The summed E-state index contributed by atoms with van der Waals surface area (Å²) in [4.78, 5) is 31.2. The van der Waals surface area contributed by atoms with Crippen molar-refractivity contribution >= 4 is 29.2 Å². The molecule has 0 radical (unpaired) electrons. The van der Waals surface area contributed by atoms with Crippen LogP contribution in [0.3, 0.4) is 0 Å². The fraction of sp³-hybridized carbons (Fsp3) is 0.462. The monoisotopic (exact) mass is 454 g/mol. The first-order chi connectivity index (χ1) is 15.5. The molecule has 5 nitrogen and oxygen atoms in total. The highest BCUT2D eigenvalue weighted by molar-refractivity contribution is 6.30. The molecule has 2 aromatic carbocycles. The number of likely N-dealkylation sites (tertiary alicyclic amines) is 1. The number of ether oxygens (including phenoxy) is 1. The van der Waals surface area contributed by atoms with Crippen molar-refractivity contribution < 1.29 is 14.3 Å². The molecule has 1 saturated heterocycles. The van der Waals surface area contributed by atoms with Gasteiger partial charge in [-0.15, -0.1) is 0 Å². The van der Waals surface area contributed by atoms with Crippen LogP contribution in [0.25, 0.3) is 0 Å². The predicted octanol–water partition coefficient (Wildman–Crippen LogP) is 4.87. The SMILES string of the molecule is COC(=O)C1(N(C(=O)Cc2cccc(Cl)c2)c2ccccc2)CCN(C2CCCC2)CC1.